The standard InChI is InChI=1S/C29H42N2O/c1-19(31-18-20-7-5-6-8-27(20)32)24-11-12-25-23-10-9-21-17-22(30-4)13-15-28(21,2)26(23)14-16-29(24,25)3/h5-9,18-19,22-26,30,32H,10-17H2,1-4H3. The van der Waals surface area contributed by atoms with Crippen LogP contribution in [0.3, 0.4) is 0 Å². The van der Waals surface area contributed by atoms with E-state index in [1.165, 1.54) is 51.4 Å². The molecule has 0 bridgehead atoms. The first-order valence-electron chi connectivity index (χ1n) is 13.0. The van der Waals surface area contributed by atoms with E-state index in [1.54, 1.807) is 11.6 Å². The third kappa shape index (κ3) is 3.47. The van der Waals surface area contributed by atoms with Gasteiger partial charge in [-0.2, -0.15) is 0 Å². The highest BCUT2D eigenvalue weighted by molar-refractivity contribution is 5.83. The van der Waals surface area contributed by atoms with Crippen LogP contribution in [0.1, 0.15) is 77.7 Å². The van der Waals surface area contributed by atoms with Crippen LogP contribution >= 0.6 is 0 Å². The van der Waals surface area contributed by atoms with Gasteiger partial charge in [-0.05, 0) is 112 Å². The number of phenols is 1. The molecule has 0 spiro atoms. The molecule has 2 N–H and O–H groups in total. The highest BCUT2D eigenvalue weighted by Gasteiger charge is 2.59. The van der Waals surface area contributed by atoms with E-state index in [9.17, 15) is 5.11 Å². The summed E-state index contributed by atoms with van der Waals surface area (Å²) < 4.78 is 0. The second kappa shape index (κ2) is 8.31. The van der Waals surface area contributed by atoms with E-state index in [0.29, 0.717) is 34.6 Å². The number of phenolic OH excluding ortho intramolecular Hbond substituents is 1. The van der Waals surface area contributed by atoms with Crippen molar-refractivity contribution < 1.29 is 5.11 Å². The van der Waals surface area contributed by atoms with Gasteiger partial charge in [0, 0.05) is 17.8 Å². The van der Waals surface area contributed by atoms with Crippen LogP contribution < -0.4 is 5.32 Å². The fourth-order valence-corrected chi connectivity index (χ4v) is 8.64. The van der Waals surface area contributed by atoms with Gasteiger partial charge in [-0.25, -0.2) is 0 Å². The fraction of sp³-hybridized carbons (Fsp3) is 0.690. The van der Waals surface area contributed by atoms with Crippen molar-refractivity contribution in [2.24, 2.45) is 39.5 Å². The number of benzene rings is 1. The Labute approximate surface area is 194 Å². The molecule has 1 aromatic carbocycles. The molecule has 0 aliphatic heterocycles. The lowest BCUT2D eigenvalue weighted by Gasteiger charge is -2.58. The molecule has 4 aliphatic rings. The summed E-state index contributed by atoms with van der Waals surface area (Å²) in [5.74, 6) is 3.54. The number of aromatic hydroxyl groups is 1. The Morgan fingerprint density at radius 3 is 2.69 bits per heavy atom. The maximum absolute atomic E-state index is 10.1. The average molecular weight is 435 g/mol. The van der Waals surface area contributed by atoms with Crippen molar-refractivity contribution in [3.05, 3.63) is 41.5 Å². The van der Waals surface area contributed by atoms with E-state index in [4.69, 9.17) is 4.99 Å². The zero-order valence-electron chi connectivity index (χ0n) is 20.5. The van der Waals surface area contributed by atoms with Gasteiger partial charge in [0.2, 0.25) is 0 Å². The molecule has 0 amide bonds. The maximum atomic E-state index is 10.1. The van der Waals surface area contributed by atoms with Crippen molar-refractivity contribution in [2.45, 2.75) is 84.2 Å². The summed E-state index contributed by atoms with van der Waals surface area (Å²) in [5.41, 5.74) is 3.44. The molecule has 3 fully saturated rings. The molecular formula is C29H42N2O. The maximum Gasteiger partial charge on any atom is 0.124 e. The topological polar surface area (TPSA) is 44.6 Å². The molecule has 0 radical (unpaired) electrons. The third-order valence-corrected chi connectivity index (χ3v) is 10.6. The minimum Gasteiger partial charge on any atom is -0.507 e. The van der Waals surface area contributed by atoms with Gasteiger partial charge >= 0.3 is 0 Å². The summed E-state index contributed by atoms with van der Waals surface area (Å²) in [6, 6.07) is 8.51. The van der Waals surface area contributed by atoms with E-state index in [-0.39, 0.29) is 0 Å². The highest BCUT2D eigenvalue weighted by atomic mass is 16.3. The fourth-order valence-electron chi connectivity index (χ4n) is 8.64. The van der Waals surface area contributed by atoms with Crippen molar-refractivity contribution >= 4 is 6.21 Å². The molecule has 0 saturated heterocycles. The highest BCUT2D eigenvalue weighted by Crippen LogP contribution is 2.66. The SMILES string of the molecule is CNC1CCC2(C)C(=CCC3C2CCC2(C)C(C(C)N=Cc4ccccc4O)CCC32)C1. The summed E-state index contributed by atoms with van der Waals surface area (Å²) >= 11 is 0. The monoisotopic (exact) mass is 434 g/mol. The normalized spacial score (nSPS) is 42.1. The number of aliphatic imine (C=N–C) groups is 1. The molecule has 3 nitrogen and oxygen atoms in total. The molecule has 32 heavy (non-hydrogen) atoms. The van der Waals surface area contributed by atoms with E-state index >= 15 is 0 Å². The number of rotatable bonds is 4. The Hall–Kier alpha value is -1.61. The van der Waals surface area contributed by atoms with Gasteiger partial charge in [0.25, 0.3) is 0 Å². The molecule has 0 aromatic heterocycles. The molecule has 1 aromatic rings. The second-order valence-corrected chi connectivity index (χ2v) is 11.8. The molecule has 0 heterocycles. The molecule has 8 atom stereocenters. The van der Waals surface area contributed by atoms with Gasteiger partial charge in [0.1, 0.15) is 5.75 Å². The zero-order chi connectivity index (χ0) is 22.5. The Bertz CT molecular complexity index is 906. The van der Waals surface area contributed by atoms with E-state index in [2.05, 4.69) is 39.2 Å². The summed E-state index contributed by atoms with van der Waals surface area (Å²) in [6.45, 7) is 7.51. The summed E-state index contributed by atoms with van der Waals surface area (Å²) in [5, 5.41) is 13.7. The van der Waals surface area contributed by atoms with Crippen molar-refractivity contribution in [1.82, 2.24) is 5.32 Å². The van der Waals surface area contributed by atoms with Crippen LogP contribution in [-0.4, -0.2) is 30.5 Å². The van der Waals surface area contributed by atoms with E-state index < -0.39 is 0 Å². The number of nitrogens with zero attached hydrogens (tertiary/aromatic N) is 1. The van der Waals surface area contributed by atoms with Gasteiger partial charge in [-0.3, -0.25) is 4.99 Å². The predicted molar refractivity (Wildman–Crippen MR) is 133 cm³/mol. The number of hydrogen-bond donors (Lipinski definition) is 2. The second-order valence-electron chi connectivity index (χ2n) is 11.8. The first-order valence-corrected chi connectivity index (χ1v) is 13.0. The Kier molecular flexibility index (Phi) is 5.76. The van der Waals surface area contributed by atoms with Crippen LogP contribution in [-0.2, 0) is 0 Å². The van der Waals surface area contributed by atoms with Crippen LogP contribution in [0.15, 0.2) is 40.9 Å². The Balaban J connectivity index is 1.35. The van der Waals surface area contributed by atoms with Crippen molar-refractivity contribution in [3.63, 3.8) is 0 Å². The average Bonchev–Trinajstić information content (AvgIpc) is 3.15. The first kappa shape index (κ1) is 22.2. The van der Waals surface area contributed by atoms with Gasteiger partial charge in [-0.1, -0.05) is 37.6 Å². The molecule has 174 valence electrons. The lowest BCUT2D eigenvalue weighted by Crippen LogP contribution is -2.51. The number of nitrogens with one attached hydrogen (secondary N) is 1. The number of fused-ring (bicyclic) bond motifs is 5. The molecule has 8 unspecified atom stereocenters. The Morgan fingerprint density at radius 2 is 1.91 bits per heavy atom. The number of hydrogen-bond acceptors (Lipinski definition) is 3. The predicted octanol–water partition coefficient (Wildman–Crippen LogP) is 6.37. The molecular weight excluding hydrogens is 392 g/mol. The van der Waals surface area contributed by atoms with Gasteiger partial charge in [-0.15, -0.1) is 0 Å². The van der Waals surface area contributed by atoms with Crippen LogP contribution in [0.4, 0.5) is 0 Å². The quantitative estimate of drug-likeness (QED) is 0.427. The lowest BCUT2D eigenvalue weighted by molar-refractivity contribution is -0.0452. The zero-order valence-corrected chi connectivity index (χ0v) is 20.5. The van der Waals surface area contributed by atoms with Crippen LogP contribution in [0.25, 0.3) is 0 Å². The number of allylic oxidation sites excluding steroid dienone is 1. The van der Waals surface area contributed by atoms with Crippen LogP contribution in [0, 0.1) is 34.5 Å². The van der Waals surface area contributed by atoms with Crippen LogP contribution in [0.2, 0.25) is 0 Å². The minimum absolute atomic E-state index is 0.303. The van der Waals surface area contributed by atoms with Crippen LogP contribution in [0.5, 0.6) is 5.75 Å². The van der Waals surface area contributed by atoms with Crippen molar-refractivity contribution in [3.8, 4) is 5.75 Å². The number of para-hydroxylation sites is 1. The largest absolute Gasteiger partial charge is 0.507 e. The van der Waals surface area contributed by atoms with E-state index in [0.717, 1.165) is 23.3 Å². The van der Waals surface area contributed by atoms with Gasteiger partial charge < -0.3 is 10.4 Å². The summed E-state index contributed by atoms with van der Waals surface area (Å²) in [4.78, 5) is 4.97. The van der Waals surface area contributed by atoms with Crippen molar-refractivity contribution in [1.29, 1.82) is 0 Å². The molecule has 3 saturated carbocycles. The molecule has 5 rings (SSSR count). The Morgan fingerprint density at radius 1 is 1.09 bits per heavy atom. The smallest absolute Gasteiger partial charge is 0.124 e. The minimum atomic E-state index is 0.303. The lowest BCUT2D eigenvalue weighted by atomic mass is 9.47. The first-order chi connectivity index (χ1) is 15.4. The summed E-state index contributed by atoms with van der Waals surface area (Å²) in [7, 11) is 2.13. The van der Waals surface area contributed by atoms with Gasteiger partial charge in [0.05, 0.1) is 6.04 Å². The summed E-state index contributed by atoms with van der Waals surface area (Å²) in [6.07, 6.45) is 15.3. The molecule has 3 heteroatoms. The van der Waals surface area contributed by atoms with E-state index in [1.807, 2.05) is 24.4 Å². The van der Waals surface area contributed by atoms with Crippen molar-refractivity contribution in [2.75, 3.05) is 7.05 Å². The van der Waals surface area contributed by atoms with Gasteiger partial charge in [0.15, 0.2) is 0 Å². The molecule has 4 aliphatic carbocycles. The third-order valence-electron chi connectivity index (χ3n) is 10.6.